The van der Waals surface area contributed by atoms with Crippen molar-refractivity contribution in [1.82, 2.24) is 14.9 Å². The lowest BCUT2D eigenvalue weighted by Gasteiger charge is -2.20. The Morgan fingerprint density at radius 1 is 1.33 bits per heavy atom. The first-order chi connectivity index (χ1) is 10.2. The Morgan fingerprint density at radius 3 is 3.00 bits per heavy atom. The van der Waals surface area contributed by atoms with Crippen molar-refractivity contribution in [2.45, 2.75) is 13.0 Å². The van der Waals surface area contributed by atoms with Crippen molar-refractivity contribution in [3.05, 3.63) is 40.4 Å². The molecule has 5 nitrogen and oxygen atoms in total. The van der Waals surface area contributed by atoms with Crippen LogP contribution in [-0.2, 0) is 20.0 Å². The summed E-state index contributed by atoms with van der Waals surface area (Å²) in [5, 5.41) is 3.43. The molecule has 0 aliphatic carbocycles. The average Bonchev–Trinajstić information content (AvgIpc) is 2.89. The second-order valence-corrected chi connectivity index (χ2v) is 5.84. The van der Waals surface area contributed by atoms with E-state index < -0.39 is 0 Å². The van der Waals surface area contributed by atoms with Crippen LogP contribution in [0.1, 0.15) is 11.4 Å². The summed E-state index contributed by atoms with van der Waals surface area (Å²) in [5.74, 6) is 2.71. The number of nitrogens with zero attached hydrogens (tertiary/aromatic N) is 2. The Bertz CT molecular complexity index is 627. The van der Waals surface area contributed by atoms with Crippen LogP contribution in [0.2, 0.25) is 0 Å². The highest BCUT2D eigenvalue weighted by Crippen LogP contribution is 2.38. The van der Waals surface area contributed by atoms with E-state index in [9.17, 15) is 0 Å². The molecule has 112 valence electrons. The van der Waals surface area contributed by atoms with E-state index in [4.69, 9.17) is 9.47 Å². The number of rotatable bonds is 5. The van der Waals surface area contributed by atoms with E-state index in [1.807, 2.05) is 30.1 Å². The summed E-state index contributed by atoms with van der Waals surface area (Å²) < 4.78 is 14.2. The quantitative estimate of drug-likeness (QED) is 0.839. The number of benzene rings is 1. The van der Waals surface area contributed by atoms with Gasteiger partial charge in [-0.3, -0.25) is 0 Å². The van der Waals surface area contributed by atoms with E-state index >= 15 is 0 Å². The van der Waals surface area contributed by atoms with Crippen molar-refractivity contribution in [3.63, 3.8) is 0 Å². The summed E-state index contributed by atoms with van der Waals surface area (Å²) in [4.78, 5) is 4.31. The summed E-state index contributed by atoms with van der Waals surface area (Å²) in [5.41, 5.74) is 1.17. The zero-order valence-electron chi connectivity index (χ0n) is 11.9. The predicted molar refractivity (Wildman–Crippen MR) is 83.8 cm³/mol. The molecule has 2 heterocycles. The molecular formula is C15H18BrN3O2. The van der Waals surface area contributed by atoms with Crippen molar-refractivity contribution in [2.24, 2.45) is 7.05 Å². The molecule has 1 aliphatic rings. The Labute approximate surface area is 132 Å². The first-order valence-electron chi connectivity index (χ1n) is 6.99. The van der Waals surface area contributed by atoms with Crippen molar-refractivity contribution in [2.75, 3.05) is 19.8 Å². The molecule has 0 atom stereocenters. The molecule has 6 heteroatoms. The molecule has 1 N–H and O–H groups in total. The third kappa shape index (κ3) is 3.39. The van der Waals surface area contributed by atoms with E-state index in [0.717, 1.165) is 41.3 Å². The lowest BCUT2D eigenvalue weighted by molar-refractivity contribution is 0.170. The van der Waals surface area contributed by atoms with E-state index in [0.29, 0.717) is 13.2 Å². The SMILES string of the molecule is Cn1ccnc1CCNCc1cc(Br)c2c(c1)OCCO2. The number of aromatic nitrogens is 2. The van der Waals surface area contributed by atoms with Gasteiger partial charge in [0.15, 0.2) is 11.5 Å². The zero-order valence-corrected chi connectivity index (χ0v) is 13.5. The minimum absolute atomic E-state index is 0.604. The van der Waals surface area contributed by atoms with Gasteiger partial charge in [-0.2, -0.15) is 0 Å². The molecular weight excluding hydrogens is 334 g/mol. The topological polar surface area (TPSA) is 48.3 Å². The number of aryl methyl sites for hydroxylation is 1. The summed E-state index contributed by atoms with van der Waals surface area (Å²) >= 11 is 3.54. The van der Waals surface area contributed by atoms with Crippen molar-refractivity contribution in [1.29, 1.82) is 0 Å². The van der Waals surface area contributed by atoms with Crippen molar-refractivity contribution >= 4 is 15.9 Å². The third-order valence-corrected chi connectivity index (χ3v) is 4.02. The number of ether oxygens (including phenoxy) is 2. The maximum absolute atomic E-state index is 5.63. The van der Waals surface area contributed by atoms with Crippen LogP contribution >= 0.6 is 15.9 Å². The summed E-state index contributed by atoms with van der Waals surface area (Å²) in [6, 6.07) is 4.11. The van der Waals surface area contributed by atoms with Crippen LogP contribution in [0.5, 0.6) is 11.5 Å². The van der Waals surface area contributed by atoms with E-state index in [1.165, 1.54) is 5.56 Å². The Morgan fingerprint density at radius 2 is 2.19 bits per heavy atom. The molecule has 0 bridgehead atoms. The molecule has 0 fully saturated rings. The minimum Gasteiger partial charge on any atom is -0.486 e. The zero-order chi connectivity index (χ0) is 14.7. The molecule has 3 rings (SSSR count). The van der Waals surface area contributed by atoms with Gasteiger partial charge in [0.05, 0.1) is 4.47 Å². The molecule has 1 aliphatic heterocycles. The number of nitrogens with one attached hydrogen (secondary N) is 1. The Kier molecular flexibility index (Phi) is 4.45. The van der Waals surface area contributed by atoms with Gasteiger partial charge in [-0.05, 0) is 33.6 Å². The molecule has 0 amide bonds. The van der Waals surface area contributed by atoms with Crippen LogP contribution in [0.4, 0.5) is 0 Å². The number of hydrogen-bond donors (Lipinski definition) is 1. The van der Waals surface area contributed by atoms with E-state index in [2.05, 4.69) is 32.3 Å². The maximum Gasteiger partial charge on any atom is 0.175 e. The molecule has 0 unspecified atom stereocenters. The fourth-order valence-corrected chi connectivity index (χ4v) is 2.94. The normalized spacial score (nSPS) is 13.4. The Balaban J connectivity index is 1.56. The lowest BCUT2D eigenvalue weighted by Crippen LogP contribution is -2.19. The Hall–Kier alpha value is -1.53. The fourth-order valence-electron chi connectivity index (χ4n) is 2.34. The first kappa shape index (κ1) is 14.4. The molecule has 2 aromatic rings. The monoisotopic (exact) mass is 351 g/mol. The van der Waals surface area contributed by atoms with Gasteiger partial charge < -0.3 is 19.4 Å². The first-order valence-corrected chi connectivity index (χ1v) is 7.78. The van der Waals surface area contributed by atoms with Crippen LogP contribution in [0.25, 0.3) is 0 Å². The number of hydrogen-bond acceptors (Lipinski definition) is 4. The molecule has 1 aromatic heterocycles. The van der Waals surface area contributed by atoms with E-state index in [-0.39, 0.29) is 0 Å². The minimum atomic E-state index is 0.604. The molecule has 21 heavy (non-hydrogen) atoms. The third-order valence-electron chi connectivity index (χ3n) is 3.43. The largest absolute Gasteiger partial charge is 0.486 e. The summed E-state index contributed by atoms with van der Waals surface area (Å²) in [6.45, 7) is 2.89. The summed E-state index contributed by atoms with van der Waals surface area (Å²) in [7, 11) is 2.01. The highest BCUT2D eigenvalue weighted by molar-refractivity contribution is 9.10. The second kappa shape index (κ2) is 6.49. The van der Waals surface area contributed by atoms with Gasteiger partial charge >= 0.3 is 0 Å². The van der Waals surface area contributed by atoms with Crippen LogP contribution < -0.4 is 14.8 Å². The number of imidazole rings is 1. The van der Waals surface area contributed by atoms with Gasteiger partial charge in [-0.15, -0.1) is 0 Å². The number of fused-ring (bicyclic) bond motifs is 1. The molecule has 0 saturated carbocycles. The van der Waals surface area contributed by atoms with Crippen molar-refractivity contribution < 1.29 is 9.47 Å². The van der Waals surface area contributed by atoms with Gasteiger partial charge in [-0.25, -0.2) is 4.98 Å². The smallest absolute Gasteiger partial charge is 0.175 e. The number of halogens is 1. The predicted octanol–water partition coefficient (Wildman–Crippen LogP) is 2.29. The van der Waals surface area contributed by atoms with Gasteiger partial charge in [0.1, 0.15) is 19.0 Å². The highest BCUT2D eigenvalue weighted by atomic mass is 79.9. The molecule has 0 radical (unpaired) electrons. The maximum atomic E-state index is 5.63. The second-order valence-electron chi connectivity index (χ2n) is 4.98. The van der Waals surface area contributed by atoms with Gasteiger partial charge in [-0.1, -0.05) is 0 Å². The van der Waals surface area contributed by atoms with Gasteiger partial charge in [0.2, 0.25) is 0 Å². The molecule has 0 spiro atoms. The average molecular weight is 352 g/mol. The molecule has 1 aromatic carbocycles. The van der Waals surface area contributed by atoms with Crippen LogP contribution in [0.3, 0.4) is 0 Å². The van der Waals surface area contributed by atoms with Crippen LogP contribution in [0, 0.1) is 0 Å². The standard InChI is InChI=1S/C15H18BrN3O2/c1-19-5-4-18-14(19)2-3-17-10-11-8-12(16)15-13(9-11)20-6-7-21-15/h4-5,8-9,17H,2-3,6-7,10H2,1H3. The lowest BCUT2D eigenvalue weighted by atomic mass is 10.2. The van der Waals surface area contributed by atoms with Gasteiger partial charge in [0, 0.05) is 39.0 Å². The summed E-state index contributed by atoms with van der Waals surface area (Å²) in [6.07, 6.45) is 4.70. The fraction of sp³-hybridized carbons (Fsp3) is 0.400. The van der Waals surface area contributed by atoms with Crippen LogP contribution in [-0.4, -0.2) is 29.3 Å². The van der Waals surface area contributed by atoms with Crippen LogP contribution in [0.15, 0.2) is 29.0 Å². The highest BCUT2D eigenvalue weighted by Gasteiger charge is 2.16. The van der Waals surface area contributed by atoms with Gasteiger partial charge in [0.25, 0.3) is 0 Å². The van der Waals surface area contributed by atoms with Crippen molar-refractivity contribution in [3.8, 4) is 11.5 Å². The molecule has 0 saturated heterocycles. The van der Waals surface area contributed by atoms with E-state index in [1.54, 1.807) is 0 Å².